The number of carbonyl (C=O) groups is 4. The van der Waals surface area contributed by atoms with Crippen LogP contribution in [-0.2, 0) is 155 Å². The molecule has 25 atom stereocenters. The van der Waals surface area contributed by atoms with Crippen molar-refractivity contribution in [2.45, 2.75) is 247 Å². The van der Waals surface area contributed by atoms with E-state index in [1.165, 1.54) is 14.0 Å². The van der Waals surface area contributed by atoms with Gasteiger partial charge in [-0.05, 0) is 110 Å². The lowest BCUT2D eigenvalue weighted by Gasteiger charge is -2.54. The van der Waals surface area contributed by atoms with Gasteiger partial charge < -0.3 is 110 Å². The van der Waals surface area contributed by atoms with Gasteiger partial charge in [0.15, 0.2) is 55.5 Å². The summed E-state index contributed by atoms with van der Waals surface area (Å²) in [5, 5.41) is 3.06. The molecule has 16 rings (SSSR count). The molecule has 133 heavy (non-hydrogen) atoms. The van der Waals surface area contributed by atoms with Crippen LogP contribution in [0.15, 0.2) is 303 Å². The van der Waals surface area contributed by atoms with Crippen molar-refractivity contribution in [3.63, 3.8) is 0 Å². The quantitative estimate of drug-likeness (QED) is 0.0278. The van der Waals surface area contributed by atoms with E-state index in [1.54, 1.807) is 112 Å². The van der Waals surface area contributed by atoms with Crippen molar-refractivity contribution >= 4 is 23.8 Å². The van der Waals surface area contributed by atoms with E-state index in [0.29, 0.717) is 0 Å². The molecule has 27 heteroatoms. The van der Waals surface area contributed by atoms with Crippen LogP contribution < -0.4 is 5.32 Å². The van der Waals surface area contributed by atoms with Gasteiger partial charge in [0.1, 0.15) is 85.4 Å². The van der Waals surface area contributed by atoms with Crippen molar-refractivity contribution in [3.8, 4) is 0 Å². The average Bonchev–Trinajstić information content (AvgIpc) is 0.781. The molecular formula is C106H115NO26. The Kier molecular flexibility index (Phi) is 33.4. The van der Waals surface area contributed by atoms with E-state index in [-0.39, 0.29) is 76.2 Å². The highest BCUT2D eigenvalue weighted by Gasteiger charge is 2.62. The maximum atomic E-state index is 15.6. The van der Waals surface area contributed by atoms with Crippen LogP contribution in [0.4, 0.5) is 0 Å². The van der Waals surface area contributed by atoms with Gasteiger partial charge in [-0.25, -0.2) is 14.4 Å². The van der Waals surface area contributed by atoms with Gasteiger partial charge in [-0.2, -0.15) is 0 Å². The highest BCUT2D eigenvalue weighted by molar-refractivity contribution is 5.91. The topological polar surface area (TPSA) is 283 Å². The second-order valence-corrected chi connectivity index (χ2v) is 34.1. The lowest BCUT2D eigenvalue weighted by atomic mass is 9.93. The molecule has 1 N–H and O–H groups in total. The summed E-state index contributed by atoms with van der Waals surface area (Å²) in [7, 11) is 1.46. The minimum absolute atomic E-state index is 0.00367. The maximum absolute atomic E-state index is 15.6. The van der Waals surface area contributed by atoms with Crippen molar-refractivity contribution in [1.82, 2.24) is 5.32 Å². The molecule has 0 saturated carbocycles. The first-order valence-corrected chi connectivity index (χ1v) is 45.3. The van der Waals surface area contributed by atoms with Crippen LogP contribution in [0, 0.1) is 0 Å². The second-order valence-electron chi connectivity index (χ2n) is 34.1. The number of methoxy groups -OCH3 is 1. The molecule has 0 spiro atoms. The minimum Gasteiger partial charge on any atom is -0.452 e. The summed E-state index contributed by atoms with van der Waals surface area (Å²) in [6.07, 6.45) is -32.4. The summed E-state index contributed by atoms with van der Waals surface area (Å²) in [5.41, 5.74) is 5.97. The van der Waals surface area contributed by atoms with Crippen molar-refractivity contribution < 1.29 is 123 Å². The zero-order valence-corrected chi connectivity index (χ0v) is 75.3. The summed E-state index contributed by atoms with van der Waals surface area (Å²) in [6.45, 7) is 10.3. The molecule has 6 fully saturated rings. The minimum atomic E-state index is -1.92. The number of fused-ring (bicyclic) bond motifs is 1. The Bertz CT molecular complexity index is 5210. The van der Waals surface area contributed by atoms with Gasteiger partial charge in [0.25, 0.3) is 0 Å². The average molecular weight is 1820 g/mol. The van der Waals surface area contributed by atoms with E-state index in [1.807, 2.05) is 226 Å². The predicted molar refractivity (Wildman–Crippen MR) is 482 cm³/mol. The number of ether oxygens (including phenoxy) is 22. The largest absolute Gasteiger partial charge is 0.452 e. The first-order valence-electron chi connectivity index (χ1n) is 45.3. The van der Waals surface area contributed by atoms with Crippen molar-refractivity contribution in [1.29, 1.82) is 0 Å². The van der Waals surface area contributed by atoms with Gasteiger partial charge in [-0.3, -0.25) is 4.79 Å². The zero-order chi connectivity index (χ0) is 92.0. The first kappa shape index (κ1) is 95.5. The third-order valence-electron chi connectivity index (χ3n) is 24.1. The second kappa shape index (κ2) is 46.5. The number of esters is 3. The fourth-order valence-corrected chi connectivity index (χ4v) is 17.4. The highest BCUT2D eigenvalue weighted by Crippen LogP contribution is 2.44. The molecule has 0 bridgehead atoms. The molecule has 0 aromatic heterocycles. The molecule has 0 unspecified atom stereocenters. The Morgan fingerprint density at radius 1 is 0.323 bits per heavy atom. The number of rotatable bonds is 38. The van der Waals surface area contributed by atoms with E-state index in [4.69, 9.17) is 104 Å². The normalized spacial score (nSPS) is 29.6. The van der Waals surface area contributed by atoms with Crippen molar-refractivity contribution in [3.05, 3.63) is 359 Å². The molecule has 27 nitrogen and oxygen atoms in total. The molecule has 6 aliphatic heterocycles. The molecule has 6 heterocycles. The summed E-state index contributed by atoms with van der Waals surface area (Å²) in [5.74, 6) is -4.26. The van der Waals surface area contributed by atoms with Crippen LogP contribution in [0.3, 0.4) is 0 Å². The predicted octanol–water partition coefficient (Wildman–Crippen LogP) is 14.9. The lowest BCUT2D eigenvalue weighted by molar-refractivity contribution is -0.416. The summed E-state index contributed by atoms with van der Waals surface area (Å²) in [4.78, 5) is 59.4. The molecule has 6 aliphatic rings. The van der Waals surface area contributed by atoms with E-state index in [2.05, 4.69) is 5.32 Å². The molecule has 6 saturated heterocycles. The molecule has 10 aromatic rings. The van der Waals surface area contributed by atoms with E-state index < -0.39 is 183 Å². The third-order valence-corrected chi connectivity index (χ3v) is 24.1. The zero-order valence-electron chi connectivity index (χ0n) is 75.3. The van der Waals surface area contributed by atoms with Gasteiger partial charge in [-0.15, -0.1) is 0 Å². The number of benzene rings is 10. The fourth-order valence-electron chi connectivity index (χ4n) is 17.4. The van der Waals surface area contributed by atoms with E-state index in [9.17, 15) is 9.59 Å². The van der Waals surface area contributed by atoms with Crippen LogP contribution >= 0.6 is 0 Å². The Morgan fingerprint density at radius 3 is 1.04 bits per heavy atom. The summed E-state index contributed by atoms with van der Waals surface area (Å²) < 4.78 is 158. The van der Waals surface area contributed by atoms with Gasteiger partial charge in [0.2, 0.25) is 5.91 Å². The standard InChI is InChI=1S/C106H115NO26/c1-67-84(114-59-72-40-20-9-21-41-72)91(95(119-64-77-50-30-14-31-51-77)102(121-67)129-89-83(107-70(4)108)101(112-7)124-82-66-120-106(5,6)133-88(82)89)130-105-97(132-104-96(128-100(111)80-56-36-17-37-57-80)93(127-99(110)79-54-34-16-35-55-79)86(69(3)123-104)126-98(109)78-52-32-15-33-53-78)92(85(68(2)122-105)115-60-73-42-22-10-23-43-73)131-103-94(118-63-76-48-28-13-29-49-76)90(117-62-75-46-26-12-27-47-75)87(116-61-74-44-24-11-25-45-74)81(125-103)65-113-58-71-38-18-8-19-39-71/h8-57,67-69,81-97,101-105H,58-66H2,1-7H3,(H,107,108)/t67-,68-,69-,81+,82+,83+,84-,85-,86-,87+,88+,89+,90-,91+,92+,93+,94+,95+,96+,97+,101+,102-,103+,104-,105-/m0/s1. The van der Waals surface area contributed by atoms with Crippen LogP contribution in [0.1, 0.15) is 112 Å². The van der Waals surface area contributed by atoms with Crippen LogP contribution in [0.2, 0.25) is 0 Å². The van der Waals surface area contributed by atoms with E-state index >= 15 is 9.59 Å². The summed E-state index contributed by atoms with van der Waals surface area (Å²) in [6, 6.07) is 91.1. The molecule has 10 aromatic carbocycles. The Hall–Kier alpha value is -10.7. The van der Waals surface area contributed by atoms with Gasteiger partial charge in [0.05, 0.1) is 94.5 Å². The lowest BCUT2D eigenvalue weighted by Crippen LogP contribution is -2.71. The van der Waals surface area contributed by atoms with E-state index in [0.717, 1.165) is 38.9 Å². The molecule has 700 valence electrons. The van der Waals surface area contributed by atoms with Crippen LogP contribution in [-0.4, -0.2) is 203 Å². The highest BCUT2D eigenvalue weighted by atomic mass is 16.8. The number of hydrogen-bond acceptors (Lipinski definition) is 26. The molecule has 0 radical (unpaired) electrons. The Morgan fingerprint density at radius 2 is 0.632 bits per heavy atom. The third kappa shape index (κ3) is 25.1. The number of amides is 1. The first-order chi connectivity index (χ1) is 64.9. The number of hydrogen-bond donors (Lipinski definition) is 1. The van der Waals surface area contributed by atoms with Gasteiger partial charge >= 0.3 is 17.9 Å². The van der Waals surface area contributed by atoms with Crippen molar-refractivity contribution in [2.75, 3.05) is 20.3 Å². The molecule has 0 aliphatic carbocycles. The molecular weight excluding hydrogens is 1700 g/mol. The Balaban J connectivity index is 0.895. The van der Waals surface area contributed by atoms with Gasteiger partial charge in [0, 0.05) is 14.0 Å². The van der Waals surface area contributed by atoms with Crippen LogP contribution in [0.25, 0.3) is 0 Å². The smallest absolute Gasteiger partial charge is 0.338 e. The molecule has 1 amide bonds. The monoisotopic (exact) mass is 1820 g/mol. The summed E-state index contributed by atoms with van der Waals surface area (Å²) >= 11 is 0. The van der Waals surface area contributed by atoms with Gasteiger partial charge in [-0.1, -0.05) is 267 Å². The van der Waals surface area contributed by atoms with Crippen molar-refractivity contribution in [2.24, 2.45) is 0 Å². The number of carbonyl (C=O) groups excluding carboxylic acids is 4. The van der Waals surface area contributed by atoms with Crippen LogP contribution in [0.5, 0.6) is 0 Å². The fraction of sp³-hybridized carbons (Fsp3) is 0.396. The Labute approximate surface area is 774 Å². The maximum Gasteiger partial charge on any atom is 0.338 e. The SMILES string of the molecule is CO[C@@H]1O[C@@H]2COC(C)(C)O[C@H]2[C@H](O[C@@H]2O[C@@H](C)[C@H](OCc3ccccc3)[C@@H](O[C@@H]3O[C@@H](C)[C@H](OCc4ccccc4)[C@@H](O[C@H]4O[C@H](COCc5ccccc5)[C@@H](OCc5ccccc5)[C@H](OCc5ccccc5)[C@H]4OCc4ccccc4)[C@H]3O[C@@H]3O[C@@H](C)[C@H](OC(=O)c4ccccc4)[C@@H](OC(=O)c4ccccc4)[C@H]3OC(=O)c3ccccc3)[C@H]2OCc2ccccc2)[C@H]1NC(C)=O. The number of nitrogens with one attached hydrogen (secondary N) is 1.